The van der Waals surface area contributed by atoms with Gasteiger partial charge in [-0.05, 0) is 5.41 Å². The smallest absolute Gasteiger partial charge is 0.238 e. The highest BCUT2D eigenvalue weighted by Gasteiger charge is 2.31. The molecule has 4 nitrogen and oxygen atoms in total. The van der Waals surface area contributed by atoms with E-state index < -0.39 is 0 Å². The number of nitrogens with zero attached hydrogens (tertiary/aromatic N) is 2. The molecule has 0 amide bonds. The molecular formula is C11H16N2O2S. The van der Waals surface area contributed by atoms with E-state index in [1.165, 1.54) is 0 Å². The number of rotatable bonds is 2. The Morgan fingerprint density at radius 1 is 1.50 bits per heavy atom. The number of Topliss-reactive ketones (excluding diaryl/α,β-unsaturated/α-hetero) is 1. The minimum Gasteiger partial charge on any atom is -0.339 e. The van der Waals surface area contributed by atoms with Crippen molar-refractivity contribution in [3.63, 3.8) is 0 Å². The Bertz CT molecular complexity index is 395. The van der Waals surface area contributed by atoms with Crippen molar-refractivity contribution in [1.82, 2.24) is 10.1 Å². The van der Waals surface area contributed by atoms with Crippen molar-refractivity contribution in [1.29, 1.82) is 0 Å². The van der Waals surface area contributed by atoms with E-state index >= 15 is 0 Å². The van der Waals surface area contributed by atoms with Crippen LogP contribution in [0.25, 0.3) is 0 Å². The molecule has 1 aliphatic heterocycles. The molecule has 0 saturated carbocycles. The van der Waals surface area contributed by atoms with Gasteiger partial charge in [-0.25, -0.2) is 0 Å². The highest BCUT2D eigenvalue weighted by atomic mass is 32.2. The van der Waals surface area contributed by atoms with Gasteiger partial charge in [0.1, 0.15) is 5.92 Å². The average molecular weight is 240 g/mol. The van der Waals surface area contributed by atoms with Crippen LogP contribution >= 0.6 is 11.8 Å². The third-order valence-electron chi connectivity index (χ3n) is 2.39. The van der Waals surface area contributed by atoms with Crippen LogP contribution in [-0.4, -0.2) is 27.4 Å². The molecule has 1 fully saturated rings. The number of thioether (sulfide) groups is 1. The Hall–Kier alpha value is -0.840. The molecule has 16 heavy (non-hydrogen) atoms. The largest absolute Gasteiger partial charge is 0.339 e. The minimum atomic E-state index is -0.175. The molecule has 0 N–H and O–H groups in total. The Morgan fingerprint density at radius 3 is 2.81 bits per heavy atom. The van der Waals surface area contributed by atoms with E-state index in [0.717, 1.165) is 12.2 Å². The van der Waals surface area contributed by atoms with Crippen molar-refractivity contribution >= 4 is 17.5 Å². The Balaban J connectivity index is 2.10. The van der Waals surface area contributed by atoms with Gasteiger partial charge in [-0.2, -0.15) is 16.7 Å². The fourth-order valence-corrected chi connectivity index (χ4v) is 2.72. The Labute approximate surface area is 99.2 Å². The molecule has 1 atom stereocenters. The number of carbonyl (C=O) groups is 1. The number of hydrogen-bond acceptors (Lipinski definition) is 5. The standard InChI is InChI=1S/C11H16N2O2S/c1-11(2,3)4-9-12-10(15-13-9)7-5-16-6-8(7)14/h7H,4-6H2,1-3H3. The molecule has 88 valence electrons. The number of carbonyl (C=O) groups excluding carboxylic acids is 1. The van der Waals surface area contributed by atoms with Crippen LogP contribution in [0.1, 0.15) is 38.4 Å². The summed E-state index contributed by atoms with van der Waals surface area (Å²) in [5.41, 5.74) is 0.135. The van der Waals surface area contributed by atoms with E-state index in [1.807, 2.05) is 0 Å². The summed E-state index contributed by atoms with van der Waals surface area (Å²) in [4.78, 5) is 15.8. The zero-order valence-electron chi connectivity index (χ0n) is 9.82. The van der Waals surface area contributed by atoms with E-state index in [4.69, 9.17) is 4.52 Å². The van der Waals surface area contributed by atoms with Gasteiger partial charge in [0.15, 0.2) is 11.6 Å². The molecule has 0 aromatic carbocycles. The number of hydrogen-bond donors (Lipinski definition) is 0. The molecule has 1 unspecified atom stereocenters. The second kappa shape index (κ2) is 4.20. The summed E-state index contributed by atoms with van der Waals surface area (Å²) in [5, 5.41) is 3.93. The van der Waals surface area contributed by atoms with Gasteiger partial charge in [-0.3, -0.25) is 4.79 Å². The first-order valence-electron chi connectivity index (χ1n) is 5.39. The number of ketones is 1. The van der Waals surface area contributed by atoms with Crippen molar-refractivity contribution < 1.29 is 9.32 Å². The van der Waals surface area contributed by atoms with Crippen LogP contribution in [0.2, 0.25) is 0 Å². The first kappa shape index (κ1) is 11.6. The van der Waals surface area contributed by atoms with Crippen molar-refractivity contribution in [2.75, 3.05) is 11.5 Å². The van der Waals surface area contributed by atoms with Crippen LogP contribution < -0.4 is 0 Å². The summed E-state index contributed by atoms with van der Waals surface area (Å²) in [6.45, 7) is 6.37. The van der Waals surface area contributed by atoms with Crippen molar-refractivity contribution in [3.8, 4) is 0 Å². The van der Waals surface area contributed by atoms with Crippen LogP contribution in [0.4, 0.5) is 0 Å². The second-order valence-electron chi connectivity index (χ2n) is 5.32. The van der Waals surface area contributed by atoms with Gasteiger partial charge in [0, 0.05) is 12.2 Å². The van der Waals surface area contributed by atoms with Crippen LogP contribution in [0, 0.1) is 5.41 Å². The monoisotopic (exact) mass is 240 g/mol. The summed E-state index contributed by atoms with van der Waals surface area (Å²) < 4.78 is 5.17. The lowest BCUT2D eigenvalue weighted by atomic mass is 9.92. The third kappa shape index (κ3) is 2.64. The van der Waals surface area contributed by atoms with Gasteiger partial charge in [0.25, 0.3) is 0 Å². The van der Waals surface area contributed by atoms with Crippen LogP contribution in [0.5, 0.6) is 0 Å². The van der Waals surface area contributed by atoms with E-state index in [0.29, 0.717) is 17.5 Å². The maximum absolute atomic E-state index is 11.5. The highest BCUT2D eigenvalue weighted by molar-refractivity contribution is 8.00. The second-order valence-corrected chi connectivity index (χ2v) is 6.35. The van der Waals surface area contributed by atoms with E-state index in [1.54, 1.807) is 11.8 Å². The summed E-state index contributed by atoms with van der Waals surface area (Å²) in [6.07, 6.45) is 0.768. The fourth-order valence-electron chi connectivity index (χ4n) is 1.64. The van der Waals surface area contributed by atoms with Crippen molar-refractivity contribution in [2.24, 2.45) is 5.41 Å². The first-order chi connectivity index (χ1) is 7.46. The maximum atomic E-state index is 11.5. The van der Waals surface area contributed by atoms with Crippen LogP contribution in [0.15, 0.2) is 4.52 Å². The van der Waals surface area contributed by atoms with E-state index in [-0.39, 0.29) is 17.1 Å². The predicted octanol–water partition coefficient (Wildman–Crippen LogP) is 2.06. The van der Waals surface area contributed by atoms with Gasteiger partial charge in [0.2, 0.25) is 5.89 Å². The van der Waals surface area contributed by atoms with E-state index in [2.05, 4.69) is 30.9 Å². The molecule has 0 bridgehead atoms. The van der Waals surface area contributed by atoms with Gasteiger partial charge < -0.3 is 4.52 Å². The highest BCUT2D eigenvalue weighted by Crippen LogP contribution is 2.29. The van der Waals surface area contributed by atoms with Crippen LogP contribution in [-0.2, 0) is 11.2 Å². The Morgan fingerprint density at radius 2 is 2.25 bits per heavy atom. The van der Waals surface area contributed by atoms with Gasteiger partial charge >= 0.3 is 0 Å². The zero-order valence-corrected chi connectivity index (χ0v) is 10.6. The lowest BCUT2D eigenvalue weighted by molar-refractivity contribution is -0.117. The van der Waals surface area contributed by atoms with Gasteiger partial charge in [-0.15, -0.1) is 0 Å². The quantitative estimate of drug-likeness (QED) is 0.792. The fraction of sp³-hybridized carbons (Fsp3) is 0.727. The van der Waals surface area contributed by atoms with Gasteiger partial charge in [-0.1, -0.05) is 25.9 Å². The molecule has 5 heteroatoms. The average Bonchev–Trinajstić information content (AvgIpc) is 2.71. The molecule has 1 aromatic heterocycles. The minimum absolute atomic E-state index is 0.135. The zero-order chi connectivity index (χ0) is 11.8. The first-order valence-corrected chi connectivity index (χ1v) is 6.54. The van der Waals surface area contributed by atoms with E-state index in [9.17, 15) is 4.79 Å². The molecule has 2 rings (SSSR count). The topological polar surface area (TPSA) is 56.0 Å². The summed E-state index contributed by atoms with van der Waals surface area (Å²) in [6, 6.07) is 0. The van der Waals surface area contributed by atoms with Gasteiger partial charge in [0.05, 0.1) is 5.75 Å². The molecule has 0 aliphatic carbocycles. The normalized spacial score (nSPS) is 21.7. The summed E-state index contributed by atoms with van der Waals surface area (Å²) in [5.74, 6) is 2.57. The molecule has 2 heterocycles. The number of aromatic nitrogens is 2. The molecular weight excluding hydrogens is 224 g/mol. The van der Waals surface area contributed by atoms with Crippen molar-refractivity contribution in [2.45, 2.75) is 33.1 Å². The molecule has 0 radical (unpaired) electrons. The molecule has 1 aromatic rings. The molecule has 1 saturated heterocycles. The lowest BCUT2D eigenvalue weighted by Gasteiger charge is -2.14. The van der Waals surface area contributed by atoms with Crippen LogP contribution in [0.3, 0.4) is 0 Å². The SMILES string of the molecule is CC(C)(C)Cc1noc(C2CSCC2=O)n1. The summed E-state index contributed by atoms with van der Waals surface area (Å²) in [7, 11) is 0. The van der Waals surface area contributed by atoms with Crippen molar-refractivity contribution in [3.05, 3.63) is 11.7 Å². The Kier molecular flexibility index (Phi) is 3.06. The summed E-state index contributed by atoms with van der Waals surface area (Å²) >= 11 is 1.63. The molecule has 1 aliphatic rings. The predicted molar refractivity (Wildman–Crippen MR) is 62.5 cm³/mol. The maximum Gasteiger partial charge on any atom is 0.238 e. The lowest BCUT2D eigenvalue weighted by Crippen LogP contribution is -2.12. The molecule has 0 spiro atoms. The third-order valence-corrected chi connectivity index (χ3v) is 3.45.